The maximum atomic E-state index is 12.2. The van der Waals surface area contributed by atoms with Crippen molar-refractivity contribution in [3.8, 4) is 0 Å². The molecule has 9 nitrogen and oxygen atoms in total. The predicted octanol–water partition coefficient (Wildman–Crippen LogP) is 6.31. The van der Waals surface area contributed by atoms with Crippen LogP contribution in [-0.2, 0) is 30.0 Å². The van der Waals surface area contributed by atoms with Crippen molar-refractivity contribution < 1.29 is 18.2 Å². The first kappa shape index (κ1) is 29.6. The fraction of sp³-hybridized carbons (Fsp3) is 0.731. The van der Waals surface area contributed by atoms with Gasteiger partial charge in [-0.25, -0.2) is 9.97 Å². The van der Waals surface area contributed by atoms with E-state index in [9.17, 15) is 4.79 Å². The van der Waals surface area contributed by atoms with Gasteiger partial charge in [0, 0.05) is 11.2 Å². The van der Waals surface area contributed by atoms with Crippen LogP contribution in [0.1, 0.15) is 66.5 Å². The van der Waals surface area contributed by atoms with E-state index >= 15 is 0 Å². The summed E-state index contributed by atoms with van der Waals surface area (Å²) in [6, 6.07) is 0. The van der Waals surface area contributed by atoms with Crippen molar-refractivity contribution in [1.82, 2.24) is 19.5 Å². The van der Waals surface area contributed by atoms with Crippen LogP contribution in [0.4, 0.5) is 0 Å². The Labute approximate surface area is 240 Å². The van der Waals surface area contributed by atoms with E-state index in [2.05, 4.69) is 69.2 Å². The molecule has 0 spiro atoms. The quantitative estimate of drug-likeness (QED) is 0.219. The van der Waals surface area contributed by atoms with Crippen LogP contribution in [0, 0.1) is 5.92 Å². The van der Waals surface area contributed by atoms with E-state index in [1.165, 1.54) is 11.9 Å². The van der Waals surface area contributed by atoms with Gasteiger partial charge in [0.1, 0.15) is 12.3 Å². The molecule has 5 rings (SSSR count). The van der Waals surface area contributed by atoms with Gasteiger partial charge in [-0.15, -0.1) is 0 Å². The number of nitrogens with one attached hydrogen (secondary N) is 1. The van der Waals surface area contributed by atoms with Gasteiger partial charge in [0.25, 0.3) is 5.56 Å². The number of rotatable bonds is 7. The first-order chi connectivity index (χ1) is 18.1. The topological polar surface area (TPSA) is 100 Å². The number of imidazole rings is 1. The summed E-state index contributed by atoms with van der Waals surface area (Å²) in [5.74, 6) is 0.459. The Morgan fingerprint density at radius 2 is 2.13 bits per heavy atom. The van der Waals surface area contributed by atoms with E-state index in [1.807, 2.05) is 4.57 Å². The highest BCUT2D eigenvalue weighted by molar-refractivity contribution is 8.68. The Bertz CT molecular complexity index is 1360. The molecular weight excluding hydrogens is 572 g/mol. The third kappa shape index (κ3) is 5.77. The number of aromatic amines is 1. The van der Waals surface area contributed by atoms with Gasteiger partial charge in [0.2, 0.25) is 5.69 Å². The van der Waals surface area contributed by atoms with Crippen LogP contribution in [-0.4, -0.2) is 57.5 Å². The van der Waals surface area contributed by atoms with Crippen LogP contribution in [0.5, 0.6) is 0 Å². The summed E-state index contributed by atoms with van der Waals surface area (Å²) in [5.41, 5.74) is -0.948. The summed E-state index contributed by atoms with van der Waals surface area (Å²) < 4.78 is 28.3. The van der Waals surface area contributed by atoms with Crippen LogP contribution < -0.4 is 5.56 Å². The van der Waals surface area contributed by atoms with Crippen LogP contribution in [0.2, 0.25) is 18.1 Å². The predicted molar refractivity (Wildman–Crippen MR) is 162 cm³/mol. The van der Waals surface area contributed by atoms with Gasteiger partial charge < -0.3 is 23.2 Å². The number of H-pyrrole nitrogens is 1. The second-order valence-corrected chi connectivity index (χ2v) is 24.3. The highest BCUT2D eigenvalue weighted by atomic mass is 32.9. The van der Waals surface area contributed by atoms with Crippen molar-refractivity contribution in [3.63, 3.8) is 0 Å². The van der Waals surface area contributed by atoms with Gasteiger partial charge in [-0.05, 0) is 69.0 Å². The van der Waals surface area contributed by atoms with Crippen molar-refractivity contribution in [1.29, 1.82) is 0 Å². The van der Waals surface area contributed by atoms with Gasteiger partial charge in [-0.3, -0.25) is 9.36 Å². The van der Waals surface area contributed by atoms with Crippen LogP contribution in [0.15, 0.2) is 29.6 Å². The fourth-order valence-corrected chi connectivity index (χ4v) is 13.9. The molecule has 7 atom stereocenters. The summed E-state index contributed by atoms with van der Waals surface area (Å²) in [6.07, 6.45) is 5.57. The number of aromatic nitrogens is 4. The lowest BCUT2D eigenvalue weighted by Gasteiger charge is -2.37. The van der Waals surface area contributed by atoms with E-state index < -0.39 is 20.2 Å². The average molecular weight is 613 g/mol. The second-order valence-electron chi connectivity index (χ2n) is 12.9. The highest BCUT2D eigenvalue weighted by Crippen LogP contribution is 2.76. The summed E-state index contributed by atoms with van der Waals surface area (Å²) in [5, 5.41) is 0.0631. The minimum Gasteiger partial charge on any atom is -0.414 e. The van der Waals surface area contributed by atoms with E-state index in [1.54, 1.807) is 17.7 Å². The van der Waals surface area contributed by atoms with Gasteiger partial charge >= 0.3 is 0 Å². The van der Waals surface area contributed by atoms with Crippen LogP contribution >= 0.6 is 17.1 Å². The molecule has 39 heavy (non-hydrogen) atoms. The van der Waals surface area contributed by atoms with E-state index in [0.717, 1.165) is 19.3 Å². The summed E-state index contributed by atoms with van der Waals surface area (Å²) >= 11 is 7.86. The Morgan fingerprint density at radius 1 is 1.38 bits per heavy atom. The van der Waals surface area contributed by atoms with Crippen LogP contribution in [0.25, 0.3) is 11.2 Å². The monoisotopic (exact) mass is 612 g/mol. The molecule has 2 aromatic heterocycles. The van der Waals surface area contributed by atoms with Crippen molar-refractivity contribution in [3.05, 3.63) is 35.2 Å². The lowest BCUT2D eigenvalue weighted by atomic mass is 9.77. The third-order valence-electron chi connectivity index (χ3n) is 8.98. The second kappa shape index (κ2) is 10.5. The first-order valence-electron chi connectivity index (χ1n) is 13.6. The summed E-state index contributed by atoms with van der Waals surface area (Å²) in [7, 11) is -2.03. The number of hydrogen-bond acceptors (Lipinski definition) is 9. The fourth-order valence-electron chi connectivity index (χ4n) is 5.31. The van der Waals surface area contributed by atoms with Crippen molar-refractivity contribution in [2.24, 2.45) is 5.92 Å². The molecule has 0 amide bonds. The standard InChI is InChI=1S/C26H41N4O5PS2Si/c1-16(2)17-9-10-26(6)20(11-17)35-36(37,38-26)34-18-12-21(30-15-29-22-23(30)27-14-28-24(22)31)33-19(18)13-32-39(7,8)25(3,4)5/h14-15,17-21H,1,9-13H2,2-8H3,(H,27,28,31)/t17-,18+,19-,20+,21-,26+,36?/m1/s1. The Hall–Kier alpha value is -0.853. The van der Waals surface area contributed by atoms with Gasteiger partial charge in [-0.2, -0.15) is 0 Å². The first-order valence-corrected chi connectivity index (χ1v) is 20.6. The molecule has 216 valence electrons. The van der Waals surface area contributed by atoms with Gasteiger partial charge in [-0.1, -0.05) is 44.3 Å². The lowest BCUT2D eigenvalue weighted by molar-refractivity contribution is -0.0370. The Balaban J connectivity index is 1.38. The molecule has 2 aliphatic heterocycles. The SMILES string of the molecule is C=C(C)[C@@H]1CC[C@]2(C)SP(=S)(O[C@H]3C[C@H](n4cnc5c(=O)[nH]cnc54)O[C@@H]3CO[Si](C)(C)C(C)(C)C)O[C@H]2C1. The zero-order valence-corrected chi connectivity index (χ0v) is 27.5. The minimum atomic E-state index is -2.64. The molecule has 2 aromatic rings. The molecule has 3 fully saturated rings. The summed E-state index contributed by atoms with van der Waals surface area (Å²) in [4.78, 5) is 23.5. The zero-order valence-electron chi connectivity index (χ0n) is 23.9. The molecular formula is C26H41N4O5PS2Si. The van der Waals surface area contributed by atoms with Crippen molar-refractivity contribution >= 4 is 48.4 Å². The van der Waals surface area contributed by atoms with E-state index in [4.69, 9.17) is 30.0 Å². The van der Waals surface area contributed by atoms with Gasteiger partial charge in [0.05, 0.1) is 31.5 Å². The zero-order chi connectivity index (χ0) is 28.4. The number of hydrogen-bond donors (Lipinski definition) is 1. The minimum absolute atomic E-state index is 0.0531. The molecule has 1 unspecified atom stereocenters. The maximum Gasteiger partial charge on any atom is 0.278 e. The molecule has 4 heterocycles. The largest absolute Gasteiger partial charge is 0.414 e. The molecule has 13 heteroatoms. The third-order valence-corrected chi connectivity index (χ3v) is 19.3. The number of nitrogens with zero attached hydrogens (tertiary/aromatic N) is 3. The van der Waals surface area contributed by atoms with E-state index in [-0.39, 0.29) is 39.2 Å². The number of allylic oxidation sites excluding steroid dienone is 1. The average Bonchev–Trinajstić information content (AvgIpc) is 3.49. The maximum absolute atomic E-state index is 12.2. The number of ether oxygens (including phenoxy) is 1. The Morgan fingerprint density at radius 3 is 2.82 bits per heavy atom. The smallest absolute Gasteiger partial charge is 0.278 e. The Kier molecular flexibility index (Phi) is 7.94. The number of fused-ring (bicyclic) bond motifs is 2. The van der Waals surface area contributed by atoms with Crippen molar-refractivity contribution in [2.75, 3.05) is 6.61 Å². The molecule has 0 bridgehead atoms. The van der Waals surface area contributed by atoms with E-state index in [0.29, 0.717) is 24.6 Å². The highest BCUT2D eigenvalue weighted by Gasteiger charge is 2.55. The molecule has 2 saturated heterocycles. The normalized spacial score (nSPS) is 35.4. The van der Waals surface area contributed by atoms with Crippen molar-refractivity contribution in [2.45, 2.75) is 108 Å². The molecule has 0 radical (unpaired) electrons. The van der Waals surface area contributed by atoms with Crippen LogP contribution in [0.3, 0.4) is 0 Å². The lowest BCUT2D eigenvalue weighted by Crippen LogP contribution is -2.44. The molecule has 1 aliphatic carbocycles. The molecule has 3 aliphatic rings. The summed E-state index contributed by atoms with van der Waals surface area (Å²) in [6.45, 7) is 20.1. The van der Waals surface area contributed by atoms with Gasteiger partial charge in [0.15, 0.2) is 19.5 Å². The molecule has 1 N–H and O–H groups in total. The molecule has 0 aromatic carbocycles. The molecule has 1 saturated carbocycles.